The number of H-pyrrole nitrogens is 1. The molecular formula is C22H16ClN3O4. The summed E-state index contributed by atoms with van der Waals surface area (Å²) >= 11 is 6.23. The molecule has 1 aromatic heterocycles. The first-order valence-electron chi connectivity index (χ1n) is 9.38. The average molecular weight is 422 g/mol. The van der Waals surface area contributed by atoms with Crippen LogP contribution in [0.1, 0.15) is 22.0 Å². The third-order valence-electron chi connectivity index (χ3n) is 5.64. The Hall–Kier alpha value is -3.58. The Morgan fingerprint density at radius 1 is 1.20 bits per heavy atom. The van der Waals surface area contributed by atoms with Crippen LogP contribution in [0.2, 0.25) is 0 Å². The molecule has 5 rings (SSSR count). The average Bonchev–Trinajstić information content (AvgIpc) is 3.34. The van der Waals surface area contributed by atoms with Gasteiger partial charge in [-0.1, -0.05) is 36.4 Å². The van der Waals surface area contributed by atoms with Gasteiger partial charge in [-0.25, -0.2) is 0 Å². The van der Waals surface area contributed by atoms with E-state index in [0.29, 0.717) is 34.4 Å². The lowest BCUT2D eigenvalue weighted by Crippen LogP contribution is -2.30. The monoisotopic (exact) mass is 421 g/mol. The van der Waals surface area contributed by atoms with Gasteiger partial charge in [-0.05, 0) is 17.0 Å². The maximum Gasteiger partial charge on any atom is 0.293 e. The van der Waals surface area contributed by atoms with E-state index in [2.05, 4.69) is 4.98 Å². The molecule has 1 aliphatic rings. The number of carbonyl (C=O) groups excluding carboxylic acids is 1. The number of nitro groups is 1. The molecule has 7 nitrogen and oxygen atoms in total. The molecule has 1 unspecified atom stereocenters. The highest BCUT2D eigenvalue weighted by Gasteiger charge is 2.35. The number of nitro benzene ring substituents is 1. The van der Waals surface area contributed by atoms with Crippen molar-refractivity contribution >= 4 is 50.6 Å². The van der Waals surface area contributed by atoms with Crippen molar-refractivity contribution in [2.45, 2.75) is 5.92 Å². The van der Waals surface area contributed by atoms with E-state index in [1.54, 1.807) is 29.2 Å². The van der Waals surface area contributed by atoms with Gasteiger partial charge in [-0.3, -0.25) is 14.9 Å². The molecule has 1 aliphatic heterocycles. The number of para-hydroxylation sites is 1. The van der Waals surface area contributed by atoms with Gasteiger partial charge in [0.1, 0.15) is 17.0 Å². The molecule has 2 N–H and O–H groups in total. The maximum absolute atomic E-state index is 13.4. The molecule has 4 aromatic rings. The number of carbonyl (C=O) groups is 1. The van der Waals surface area contributed by atoms with Crippen LogP contribution in [0.4, 0.5) is 11.4 Å². The van der Waals surface area contributed by atoms with Crippen LogP contribution in [0, 0.1) is 10.1 Å². The minimum Gasteiger partial charge on any atom is -0.507 e. The summed E-state index contributed by atoms with van der Waals surface area (Å²) in [7, 11) is 0. The summed E-state index contributed by atoms with van der Waals surface area (Å²) in [4.78, 5) is 28.7. The molecule has 0 aliphatic carbocycles. The van der Waals surface area contributed by atoms with E-state index >= 15 is 0 Å². The van der Waals surface area contributed by atoms with Crippen molar-refractivity contribution in [3.05, 3.63) is 76.0 Å². The molecular weight excluding hydrogens is 406 g/mol. The zero-order chi connectivity index (χ0) is 21.0. The first-order valence-corrected chi connectivity index (χ1v) is 9.91. The summed E-state index contributed by atoms with van der Waals surface area (Å²) < 4.78 is 0. The second kappa shape index (κ2) is 6.74. The van der Waals surface area contributed by atoms with E-state index in [0.717, 1.165) is 10.9 Å². The smallest absolute Gasteiger partial charge is 0.293 e. The number of nitrogens with one attached hydrogen (secondary N) is 1. The van der Waals surface area contributed by atoms with Gasteiger partial charge in [0.2, 0.25) is 0 Å². The Kier molecular flexibility index (Phi) is 4.15. The van der Waals surface area contributed by atoms with Crippen molar-refractivity contribution in [1.29, 1.82) is 0 Å². The predicted molar refractivity (Wildman–Crippen MR) is 116 cm³/mol. The lowest BCUT2D eigenvalue weighted by atomic mass is 9.95. The lowest BCUT2D eigenvalue weighted by Gasteiger charge is -2.17. The van der Waals surface area contributed by atoms with Crippen molar-refractivity contribution in [2.24, 2.45) is 0 Å². The number of non-ortho nitro benzene ring substituents is 1. The normalized spacial score (nSPS) is 15.6. The standard InChI is InChI=1S/C22H16ClN3O4/c23-10-13-11-25(18-9-19(27)14-5-1-2-6-15(14)20(13)18)22(28)16-8-12-4-3-7-17(26(29)30)21(12)24-16/h1-9,13,24,27H,10-11H2. The van der Waals surface area contributed by atoms with Crippen LogP contribution in [-0.2, 0) is 0 Å². The van der Waals surface area contributed by atoms with Crippen LogP contribution in [0.15, 0.2) is 54.6 Å². The van der Waals surface area contributed by atoms with E-state index in [1.807, 2.05) is 24.3 Å². The summed E-state index contributed by atoms with van der Waals surface area (Å²) in [6, 6.07) is 15.4. The molecule has 0 radical (unpaired) electrons. The van der Waals surface area contributed by atoms with Crippen molar-refractivity contribution in [1.82, 2.24) is 4.98 Å². The highest BCUT2D eigenvalue weighted by atomic mass is 35.5. The number of phenols is 1. The molecule has 1 amide bonds. The molecule has 0 saturated carbocycles. The van der Waals surface area contributed by atoms with Crippen LogP contribution in [0.5, 0.6) is 5.75 Å². The number of aromatic nitrogens is 1. The molecule has 1 atom stereocenters. The third-order valence-corrected chi connectivity index (χ3v) is 6.01. The summed E-state index contributed by atoms with van der Waals surface area (Å²) in [5.41, 5.74) is 1.99. The van der Waals surface area contributed by atoms with Crippen molar-refractivity contribution in [2.75, 3.05) is 17.3 Å². The summed E-state index contributed by atoms with van der Waals surface area (Å²) in [5, 5.41) is 24.0. The third kappa shape index (κ3) is 2.63. The molecule has 150 valence electrons. The van der Waals surface area contributed by atoms with E-state index < -0.39 is 4.92 Å². The molecule has 3 aromatic carbocycles. The Labute approximate surface area is 175 Å². The van der Waals surface area contributed by atoms with Gasteiger partial charge in [0, 0.05) is 41.2 Å². The zero-order valence-electron chi connectivity index (χ0n) is 15.6. The number of aromatic amines is 1. The van der Waals surface area contributed by atoms with E-state index in [9.17, 15) is 20.0 Å². The number of fused-ring (bicyclic) bond motifs is 4. The van der Waals surface area contributed by atoms with E-state index in [1.165, 1.54) is 6.07 Å². The quantitative estimate of drug-likeness (QED) is 0.278. The predicted octanol–water partition coefficient (Wildman–Crippen LogP) is 4.92. The number of aromatic hydroxyl groups is 1. The molecule has 0 saturated heterocycles. The minimum atomic E-state index is -0.480. The Morgan fingerprint density at radius 2 is 1.97 bits per heavy atom. The van der Waals surface area contributed by atoms with Gasteiger partial charge in [0.15, 0.2) is 0 Å². The van der Waals surface area contributed by atoms with E-state index in [4.69, 9.17) is 11.6 Å². The fraction of sp³-hybridized carbons (Fsp3) is 0.136. The number of benzene rings is 3. The topological polar surface area (TPSA) is 99.5 Å². The highest BCUT2D eigenvalue weighted by Crippen LogP contribution is 2.45. The number of hydrogen-bond donors (Lipinski definition) is 2. The van der Waals surface area contributed by atoms with E-state index in [-0.39, 0.29) is 29.0 Å². The number of anilines is 1. The first kappa shape index (κ1) is 18.4. The van der Waals surface area contributed by atoms with Gasteiger partial charge in [-0.15, -0.1) is 11.6 Å². The lowest BCUT2D eigenvalue weighted by molar-refractivity contribution is -0.383. The fourth-order valence-electron chi connectivity index (χ4n) is 4.30. The van der Waals surface area contributed by atoms with Gasteiger partial charge >= 0.3 is 0 Å². The number of halogens is 1. The van der Waals surface area contributed by atoms with Gasteiger partial charge in [0.25, 0.3) is 11.6 Å². The van der Waals surface area contributed by atoms with Crippen LogP contribution < -0.4 is 4.90 Å². The number of alkyl halides is 1. The van der Waals surface area contributed by atoms with Crippen LogP contribution in [0.3, 0.4) is 0 Å². The Bertz CT molecular complexity index is 1350. The molecule has 0 spiro atoms. The zero-order valence-corrected chi connectivity index (χ0v) is 16.4. The number of phenolic OH excluding ortho intramolecular Hbond substituents is 1. The first-order chi connectivity index (χ1) is 14.5. The number of amides is 1. The van der Waals surface area contributed by atoms with Gasteiger partial charge in [0.05, 0.1) is 10.6 Å². The second-order valence-electron chi connectivity index (χ2n) is 7.32. The SMILES string of the molecule is O=C(c1cc2cccc([N+](=O)[O-])c2[nH]1)N1CC(CCl)c2c1cc(O)c1ccccc21. The Morgan fingerprint density at radius 3 is 2.70 bits per heavy atom. The van der Waals surface area contributed by atoms with Gasteiger partial charge in [-0.2, -0.15) is 0 Å². The molecule has 2 heterocycles. The minimum absolute atomic E-state index is 0.0874. The van der Waals surface area contributed by atoms with Gasteiger partial charge < -0.3 is 15.0 Å². The van der Waals surface area contributed by atoms with Crippen LogP contribution >= 0.6 is 11.6 Å². The van der Waals surface area contributed by atoms with Crippen molar-refractivity contribution < 1.29 is 14.8 Å². The van der Waals surface area contributed by atoms with Crippen LogP contribution in [0.25, 0.3) is 21.7 Å². The largest absolute Gasteiger partial charge is 0.507 e. The Balaban J connectivity index is 1.65. The summed E-state index contributed by atoms with van der Waals surface area (Å²) in [5.74, 6) is -0.00692. The molecule has 0 fully saturated rings. The van der Waals surface area contributed by atoms with Crippen molar-refractivity contribution in [3.63, 3.8) is 0 Å². The molecule has 8 heteroatoms. The fourth-order valence-corrected chi connectivity index (χ4v) is 4.55. The highest BCUT2D eigenvalue weighted by molar-refractivity contribution is 6.19. The number of hydrogen-bond acceptors (Lipinski definition) is 4. The molecule has 0 bridgehead atoms. The number of nitrogens with zero attached hydrogens (tertiary/aromatic N) is 2. The maximum atomic E-state index is 13.4. The summed E-state index contributed by atoms with van der Waals surface area (Å²) in [6.45, 7) is 0.364. The number of rotatable bonds is 3. The van der Waals surface area contributed by atoms with Crippen molar-refractivity contribution in [3.8, 4) is 5.75 Å². The molecule has 30 heavy (non-hydrogen) atoms. The van der Waals surface area contributed by atoms with Crippen LogP contribution in [-0.4, -0.2) is 33.3 Å². The summed E-state index contributed by atoms with van der Waals surface area (Å²) in [6.07, 6.45) is 0. The second-order valence-corrected chi connectivity index (χ2v) is 7.63.